The summed E-state index contributed by atoms with van der Waals surface area (Å²) in [5, 5.41) is 2.64. The standard InChI is InChI=1S/C44H37BN2/c1-26-14-7-11-20-37(26)47-39-25-35-31(28-15-8-10-18-34(28)44(35,5)6)24-32(39)33-22-27(43(2,3)4)23-40-41(33)45(47)36-19-13-17-30-29-16-9-12-21-38(29)46(40)42(30)36/h7-25H,1-6H3. The number of benzene rings is 6. The van der Waals surface area contributed by atoms with Gasteiger partial charge in [-0.05, 0) is 92.5 Å². The van der Waals surface area contributed by atoms with Gasteiger partial charge < -0.3 is 9.38 Å². The van der Waals surface area contributed by atoms with E-state index in [1.165, 1.54) is 94.3 Å². The van der Waals surface area contributed by atoms with Gasteiger partial charge in [-0.1, -0.05) is 120 Å². The van der Waals surface area contributed by atoms with Gasteiger partial charge in [-0.2, -0.15) is 0 Å². The zero-order valence-electron chi connectivity index (χ0n) is 27.9. The fourth-order valence-electron chi connectivity index (χ4n) is 9.10. The van der Waals surface area contributed by atoms with Crippen LogP contribution in [0.25, 0.3) is 49.7 Å². The zero-order valence-corrected chi connectivity index (χ0v) is 27.9. The summed E-state index contributed by atoms with van der Waals surface area (Å²) in [6.07, 6.45) is 0. The number of anilines is 2. The van der Waals surface area contributed by atoms with E-state index in [0.29, 0.717) is 0 Å². The molecular weight excluding hydrogens is 567 g/mol. The Morgan fingerprint density at radius 3 is 2.17 bits per heavy atom. The van der Waals surface area contributed by atoms with Gasteiger partial charge in [0, 0.05) is 38.8 Å². The van der Waals surface area contributed by atoms with Crippen LogP contribution < -0.4 is 15.7 Å². The number of fused-ring (bicyclic) bond motifs is 10. The molecule has 0 fully saturated rings. The van der Waals surface area contributed by atoms with Crippen LogP contribution in [0, 0.1) is 6.92 Å². The van der Waals surface area contributed by atoms with E-state index in [9.17, 15) is 0 Å². The van der Waals surface area contributed by atoms with Gasteiger partial charge in [0.05, 0.1) is 11.0 Å². The molecule has 0 N–H and O–H groups in total. The maximum Gasteiger partial charge on any atom is 0.333 e. The molecule has 3 aliphatic rings. The van der Waals surface area contributed by atoms with E-state index in [2.05, 4.69) is 166 Å². The second-order valence-corrected chi connectivity index (χ2v) is 15.4. The Bertz CT molecular complexity index is 2510. The number of rotatable bonds is 1. The van der Waals surface area contributed by atoms with Gasteiger partial charge in [0.25, 0.3) is 0 Å². The Morgan fingerprint density at radius 2 is 1.34 bits per heavy atom. The molecule has 2 nitrogen and oxygen atoms in total. The van der Waals surface area contributed by atoms with Crippen molar-refractivity contribution in [1.82, 2.24) is 4.57 Å². The predicted molar refractivity (Wildman–Crippen MR) is 201 cm³/mol. The first-order chi connectivity index (χ1) is 22.6. The van der Waals surface area contributed by atoms with Crippen LogP contribution in [-0.4, -0.2) is 11.4 Å². The van der Waals surface area contributed by atoms with Gasteiger partial charge in [-0.15, -0.1) is 0 Å². The van der Waals surface area contributed by atoms with Crippen molar-refractivity contribution in [3.8, 4) is 27.9 Å². The summed E-state index contributed by atoms with van der Waals surface area (Å²) in [5.74, 6) is 0. The minimum absolute atomic E-state index is 0.0152. The van der Waals surface area contributed by atoms with E-state index >= 15 is 0 Å². The van der Waals surface area contributed by atoms with Crippen molar-refractivity contribution in [3.05, 3.63) is 138 Å². The van der Waals surface area contributed by atoms with E-state index in [-0.39, 0.29) is 17.7 Å². The van der Waals surface area contributed by atoms with Gasteiger partial charge in [0.15, 0.2) is 0 Å². The highest BCUT2D eigenvalue weighted by Crippen LogP contribution is 2.54. The third kappa shape index (κ3) is 3.37. The molecule has 0 saturated heterocycles. The molecule has 0 unspecified atom stereocenters. The lowest BCUT2D eigenvalue weighted by molar-refractivity contribution is 0.590. The lowest BCUT2D eigenvalue weighted by Crippen LogP contribution is -2.61. The van der Waals surface area contributed by atoms with Crippen LogP contribution >= 0.6 is 0 Å². The van der Waals surface area contributed by atoms with E-state index < -0.39 is 0 Å². The smallest absolute Gasteiger partial charge is 0.333 e. The van der Waals surface area contributed by atoms with Crippen LogP contribution in [0.15, 0.2) is 115 Å². The number of hydrogen-bond acceptors (Lipinski definition) is 1. The number of aromatic nitrogens is 1. The number of nitrogens with zero attached hydrogens (tertiary/aromatic N) is 2. The van der Waals surface area contributed by atoms with Gasteiger partial charge >= 0.3 is 6.85 Å². The summed E-state index contributed by atoms with van der Waals surface area (Å²) in [5.41, 5.74) is 20.1. The van der Waals surface area contributed by atoms with Gasteiger partial charge in [-0.3, -0.25) is 0 Å². The van der Waals surface area contributed by atoms with Crippen LogP contribution in [0.5, 0.6) is 0 Å². The monoisotopic (exact) mass is 604 g/mol. The summed E-state index contributed by atoms with van der Waals surface area (Å²) in [4.78, 5) is 2.68. The first-order valence-electron chi connectivity index (χ1n) is 17.0. The Balaban J connectivity index is 1.42. The summed E-state index contributed by atoms with van der Waals surface area (Å²) >= 11 is 0. The molecule has 0 saturated carbocycles. The maximum atomic E-state index is 2.68. The van der Waals surface area contributed by atoms with Gasteiger partial charge in [0.2, 0.25) is 0 Å². The zero-order chi connectivity index (χ0) is 32.0. The molecular formula is C44H37BN2. The highest BCUT2D eigenvalue weighted by atomic mass is 15.1. The minimum atomic E-state index is -0.0872. The molecule has 3 heterocycles. The highest BCUT2D eigenvalue weighted by Gasteiger charge is 2.46. The molecule has 3 heteroatoms. The minimum Gasteiger partial charge on any atom is -0.376 e. The van der Waals surface area contributed by atoms with Crippen molar-refractivity contribution in [3.63, 3.8) is 0 Å². The molecule has 1 aromatic heterocycles. The summed E-state index contributed by atoms with van der Waals surface area (Å²) in [6.45, 7) is 14.1. The fraction of sp³-hybridized carbons (Fsp3) is 0.182. The Kier molecular flexibility index (Phi) is 5.12. The molecule has 10 rings (SSSR count). The molecule has 0 amide bonds. The summed E-state index contributed by atoms with van der Waals surface area (Å²) in [6, 6.07) is 44.0. The maximum absolute atomic E-state index is 2.68. The average molecular weight is 605 g/mol. The first kappa shape index (κ1) is 27.1. The van der Waals surface area contributed by atoms with Crippen molar-refractivity contribution in [2.45, 2.75) is 52.4 Å². The SMILES string of the molecule is Cc1ccccc1N1B2c3c(cc(C(C)(C)C)cc3-n3c4ccccc4c4cccc2c43)-c2cc3c(cc21)C(C)(C)c1ccccc1-3. The summed E-state index contributed by atoms with van der Waals surface area (Å²) < 4.78 is 2.58. The number of aryl methyl sites for hydroxylation is 1. The molecule has 0 atom stereocenters. The predicted octanol–water partition coefficient (Wildman–Crippen LogP) is 9.93. The Labute approximate surface area is 277 Å². The molecule has 0 spiro atoms. The molecule has 226 valence electrons. The quantitative estimate of drug-likeness (QED) is 0.169. The molecule has 47 heavy (non-hydrogen) atoms. The Hall–Kier alpha value is -5.02. The average Bonchev–Trinajstić information content (AvgIpc) is 3.52. The lowest BCUT2D eigenvalue weighted by Gasteiger charge is -2.44. The molecule has 0 radical (unpaired) electrons. The first-order valence-corrected chi connectivity index (χ1v) is 17.0. The van der Waals surface area contributed by atoms with Crippen molar-refractivity contribution in [1.29, 1.82) is 0 Å². The number of para-hydroxylation sites is 3. The van der Waals surface area contributed by atoms with Crippen molar-refractivity contribution < 1.29 is 0 Å². The highest BCUT2D eigenvalue weighted by molar-refractivity contribution is 6.93. The Morgan fingerprint density at radius 1 is 0.596 bits per heavy atom. The van der Waals surface area contributed by atoms with Crippen LogP contribution in [-0.2, 0) is 10.8 Å². The molecule has 1 aliphatic carbocycles. The third-order valence-electron chi connectivity index (χ3n) is 11.4. The van der Waals surface area contributed by atoms with Crippen LogP contribution in [0.3, 0.4) is 0 Å². The van der Waals surface area contributed by atoms with E-state index in [1.807, 2.05) is 0 Å². The summed E-state index contributed by atoms with van der Waals surface area (Å²) in [7, 11) is 0. The van der Waals surface area contributed by atoms with E-state index in [1.54, 1.807) is 0 Å². The van der Waals surface area contributed by atoms with Gasteiger partial charge in [-0.25, -0.2) is 0 Å². The van der Waals surface area contributed by atoms with E-state index in [0.717, 1.165) is 0 Å². The van der Waals surface area contributed by atoms with Crippen LogP contribution in [0.2, 0.25) is 0 Å². The van der Waals surface area contributed by atoms with Crippen molar-refractivity contribution in [2.75, 3.05) is 4.81 Å². The number of hydrogen-bond donors (Lipinski definition) is 0. The molecule has 0 bridgehead atoms. The normalized spacial score (nSPS) is 15.1. The van der Waals surface area contributed by atoms with Crippen LogP contribution in [0.4, 0.5) is 11.4 Å². The lowest BCUT2D eigenvalue weighted by atomic mass is 9.43. The second-order valence-electron chi connectivity index (χ2n) is 15.4. The van der Waals surface area contributed by atoms with E-state index in [4.69, 9.17) is 0 Å². The van der Waals surface area contributed by atoms with Crippen molar-refractivity contribution >= 4 is 51.0 Å². The fourth-order valence-corrected chi connectivity index (χ4v) is 9.10. The largest absolute Gasteiger partial charge is 0.376 e. The van der Waals surface area contributed by atoms with Gasteiger partial charge in [0.1, 0.15) is 0 Å². The molecule has 6 aromatic carbocycles. The van der Waals surface area contributed by atoms with Crippen LogP contribution in [0.1, 0.15) is 56.9 Å². The molecule has 7 aromatic rings. The molecule has 2 aliphatic heterocycles. The third-order valence-corrected chi connectivity index (χ3v) is 11.4. The second kappa shape index (κ2) is 8.86. The van der Waals surface area contributed by atoms with Crippen molar-refractivity contribution in [2.24, 2.45) is 0 Å². The topological polar surface area (TPSA) is 8.17 Å².